The molecule has 1 saturated heterocycles. The lowest BCUT2D eigenvalue weighted by molar-refractivity contribution is -0.119. The Hall–Kier alpha value is -1.83. The van der Waals surface area contributed by atoms with E-state index in [1.165, 1.54) is 0 Å². The number of carboxylic acid groups (broad SMARTS) is 1. The molecule has 1 fully saturated rings. The fourth-order valence-electron chi connectivity index (χ4n) is 2.65. The van der Waals surface area contributed by atoms with E-state index in [-0.39, 0.29) is 12.5 Å². The molecule has 0 bridgehead atoms. The van der Waals surface area contributed by atoms with E-state index in [9.17, 15) is 9.59 Å². The first-order valence-electron chi connectivity index (χ1n) is 7.09. The van der Waals surface area contributed by atoms with E-state index in [0.29, 0.717) is 6.54 Å². The number of carbonyl (C=O) groups excluding carboxylic acids is 1. The molecule has 0 saturated carbocycles. The summed E-state index contributed by atoms with van der Waals surface area (Å²) in [7, 11) is 0. The largest absolute Gasteiger partial charge is 0.465 e. The first kappa shape index (κ1) is 16.5. The molecule has 0 radical (unpaired) electrons. The summed E-state index contributed by atoms with van der Waals surface area (Å²) < 4.78 is 0.953. The molecule has 2 amide bonds. The molecule has 1 aliphatic rings. The van der Waals surface area contributed by atoms with Crippen molar-refractivity contribution < 1.29 is 14.7 Å². The number of nitrogens with two attached hydrogens (primary N) is 1. The van der Waals surface area contributed by atoms with Gasteiger partial charge in [0.25, 0.3) is 0 Å². The molecule has 1 aromatic rings. The fourth-order valence-corrected chi connectivity index (χ4v) is 3.15. The van der Waals surface area contributed by atoms with Crippen molar-refractivity contribution >= 4 is 33.7 Å². The lowest BCUT2D eigenvalue weighted by Crippen LogP contribution is -2.43. The van der Waals surface area contributed by atoms with Crippen LogP contribution in [-0.4, -0.2) is 53.2 Å². The summed E-state index contributed by atoms with van der Waals surface area (Å²) >= 11 is 3.49. The van der Waals surface area contributed by atoms with Crippen molar-refractivity contribution in [1.82, 2.24) is 9.88 Å². The second-order valence-corrected chi connectivity index (χ2v) is 6.22. The molecule has 7 nitrogen and oxygen atoms in total. The molecule has 2 heterocycles. The predicted molar refractivity (Wildman–Crippen MR) is 85.7 cm³/mol. The van der Waals surface area contributed by atoms with Crippen LogP contribution in [0, 0.1) is 5.92 Å². The highest BCUT2D eigenvalue weighted by atomic mass is 79.9. The topological polar surface area (TPSA) is 99.8 Å². The lowest BCUT2D eigenvalue weighted by Gasteiger charge is -2.34. The van der Waals surface area contributed by atoms with Gasteiger partial charge in [0.1, 0.15) is 12.4 Å². The number of primary amides is 1. The van der Waals surface area contributed by atoms with Crippen molar-refractivity contribution in [2.45, 2.75) is 12.8 Å². The number of piperidine rings is 1. The van der Waals surface area contributed by atoms with Crippen LogP contribution in [0.2, 0.25) is 0 Å². The van der Waals surface area contributed by atoms with Crippen LogP contribution in [0.3, 0.4) is 0 Å². The molecule has 0 atom stereocenters. The highest BCUT2D eigenvalue weighted by Crippen LogP contribution is 2.27. The van der Waals surface area contributed by atoms with Crippen LogP contribution in [0.5, 0.6) is 0 Å². The van der Waals surface area contributed by atoms with Gasteiger partial charge in [-0.25, -0.2) is 9.78 Å². The standard InChI is InChI=1S/C14H19BrN4O3/c15-11-2-1-5-17-13(11)18-6-3-10(4-7-18)8-19(14(21)22)9-12(16)20/h1-2,5,10H,3-4,6-9H2,(H2,16,20)(H,21,22). The van der Waals surface area contributed by atoms with Crippen LogP contribution in [0.15, 0.2) is 22.8 Å². The molecule has 8 heteroatoms. The molecule has 0 spiro atoms. The number of halogens is 1. The van der Waals surface area contributed by atoms with E-state index < -0.39 is 12.0 Å². The molecule has 1 aliphatic heterocycles. The van der Waals surface area contributed by atoms with Gasteiger partial charge in [0.2, 0.25) is 5.91 Å². The zero-order chi connectivity index (χ0) is 16.1. The normalized spacial score (nSPS) is 15.6. The summed E-state index contributed by atoms with van der Waals surface area (Å²) in [6.07, 6.45) is 2.36. The second kappa shape index (κ2) is 7.44. The van der Waals surface area contributed by atoms with E-state index in [0.717, 1.165) is 41.1 Å². The molecule has 0 aliphatic carbocycles. The molecule has 1 aromatic heterocycles. The zero-order valence-electron chi connectivity index (χ0n) is 12.1. The number of anilines is 1. The quantitative estimate of drug-likeness (QED) is 0.818. The Morgan fingerprint density at radius 1 is 1.45 bits per heavy atom. The third-order valence-electron chi connectivity index (χ3n) is 3.75. The van der Waals surface area contributed by atoms with Gasteiger partial charge in [-0.3, -0.25) is 9.69 Å². The van der Waals surface area contributed by atoms with Gasteiger partial charge < -0.3 is 15.7 Å². The number of rotatable bonds is 5. The van der Waals surface area contributed by atoms with Crippen LogP contribution in [0.1, 0.15) is 12.8 Å². The van der Waals surface area contributed by atoms with Crippen molar-refractivity contribution in [3.63, 3.8) is 0 Å². The molecule has 2 rings (SSSR count). The van der Waals surface area contributed by atoms with E-state index in [1.54, 1.807) is 6.20 Å². The van der Waals surface area contributed by atoms with E-state index in [4.69, 9.17) is 10.8 Å². The molecule has 0 unspecified atom stereocenters. The summed E-state index contributed by atoms with van der Waals surface area (Å²) in [4.78, 5) is 29.7. The van der Waals surface area contributed by atoms with Gasteiger partial charge in [-0.1, -0.05) is 0 Å². The molecule has 120 valence electrons. The Kier molecular flexibility index (Phi) is 5.59. The third-order valence-corrected chi connectivity index (χ3v) is 4.37. The van der Waals surface area contributed by atoms with E-state index in [1.807, 2.05) is 12.1 Å². The minimum Gasteiger partial charge on any atom is -0.465 e. The maximum atomic E-state index is 11.1. The molecule has 3 N–H and O–H groups in total. The number of amides is 2. The average molecular weight is 371 g/mol. The van der Waals surface area contributed by atoms with Crippen LogP contribution < -0.4 is 10.6 Å². The highest BCUT2D eigenvalue weighted by Gasteiger charge is 2.25. The van der Waals surface area contributed by atoms with Crippen molar-refractivity contribution in [3.8, 4) is 0 Å². The highest BCUT2D eigenvalue weighted by molar-refractivity contribution is 9.10. The SMILES string of the molecule is NC(=O)CN(CC1CCN(c2ncccc2Br)CC1)C(=O)O. The van der Waals surface area contributed by atoms with Gasteiger partial charge in [0.15, 0.2) is 0 Å². The Labute approximate surface area is 137 Å². The van der Waals surface area contributed by atoms with Crippen molar-refractivity contribution in [2.75, 3.05) is 31.1 Å². The fraction of sp³-hybridized carbons (Fsp3) is 0.500. The predicted octanol–water partition coefficient (Wildman–Crippen LogP) is 1.53. The van der Waals surface area contributed by atoms with Crippen molar-refractivity contribution in [2.24, 2.45) is 11.7 Å². The number of nitrogens with zero attached hydrogens (tertiary/aromatic N) is 3. The molecular weight excluding hydrogens is 352 g/mol. The summed E-state index contributed by atoms with van der Waals surface area (Å²) in [5, 5.41) is 9.11. The Morgan fingerprint density at radius 3 is 2.68 bits per heavy atom. The van der Waals surface area contributed by atoms with Crippen LogP contribution in [0.25, 0.3) is 0 Å². The van der Waals surface area contributed by atoms with Crippen molar-refractivity contribution in [1.29, 1.82) is 0 Å². The lowest BCUT2D eigenvalue weighted by atomic mass is 9.96. The Bertz CT molecular complexity index is 547. The van der Waals surface area contributed by atoms with Gasteiger partial charge in [0, 0.05) is 25.8 Å². The minimum absolute atomic E-state index is 0.231. The number of pyridine rings is 1. The van der Waals surface area contributed by atoms with Crippen molar-refractivity contribution in [3.05, 3.63) is 22.8 Å². The average Bonchev–Trinajstić information content (AvgIpc) is 2.47. The molecular formula is C14H19BrN4O3. The van der Waals surface area contributed by atoms with Crippen LogP contribution in [0.4, 0.5) is 10.6 Å². The number of carbonyl (C=O) groups is 2. The number of hydrogen-bond acceptors (Lipinski definition) is 4. The maximum Gasteiger partial charge on any atom is 0.407 e. The summed E-state index contributed by atoms with van der Waals surface area (Å²) in [6.45, 7) is 1.71. The first-order valence-corrected chi connectivity index (χ1v) is 7.88. The van der Waals surface area contributed by atoms with Gasteiger partial charge in [-0.2, -0.15) is 0 Å². The second-order valence-electron chi connectivity index (χ2n) is 5.37. The van der Waals surface area contributed by atoms with E-state index in [2.05, 4.69) is 25.8 Å². The summed E-state index contributed by atoms with van der Waals surface area (Å²) in [5.41, 5.74) is 5.09. The van der Waals surface area contributed by atoms with Gasteiger partial charge in [0.05, 0.1) is 4.47 Å². The third kappa shape index (κ3) is 4.33. The number of aromatic nitrogens is 1. The monoisotopic (exact) mass is 370 g/mol. The van der Waals surface area contributed by atoms with Gasteiger partial charge in [-0.05, 0) is 46.8 Å². The summed E-state index contributed by atoms with van der Waals surface area (Å²) in [6, 6.07) is 3.82. The first-order chi connectivity index (χ1) is 10.5. The number of hydrogen-bond donors (Lipinski definition) is 2. The van der Waals surface area contributed by atoms with Gasteiger partial charge in [-0.15, -0.1) is 0 Å². The van der Waals surface area contributed by atoms with E-state index >= 15 is 0 Å². The smallest absolute Gasteiger partial charge is 0.407 e. The van der Waals surface area contributed by atoms with Gasteiger partial charge >= 0.3 is 6.09 Å². The van der Waals surface area contributed by atoms with Crippen LogP contribution >= 0.6 is 15.9 Å². The Morgan fingerprint density at radius 2 is 2.14 bits per heavy atom. The molecule has 22 heavy (non-hydrogen) atoms. The zero-order valence-corrected chi connectivity index (χ0v) is 13.7. The maximum absolute atomic E-state index is 11.1. The van der Waals surface area contributed by atoms with Crippen LogP contribution in [-0.2, 0) is 4.79 Å². The summed E-state index contributed by atoms with van der Waals surface area (Å²) in [5.74, 6) is 0.514. The Balaban J connectivity index is 1.90. The molecule has 0 aromatic carbocycles. The minimum atomic E-state index is -1.10.